The second-order valence-corrected chi connectivity index (χ2v) is 8.11. The predicted molar refractivity (Wildman–Crippen MR) is 114 cm³/mol. The topological polar surface area (TPSA) is 88.1 Å². The highest BCUT2D eigenvalue weighted by Gasteiger charge is 2.52. The molecule has 0 aromatic heterocycles. The summed E-state index contributed by atoms with van der Waals surface area (Å²) in [6.45, 7) is 1.05. The van der Waals surface area contributed by atoms with Crippen molar-refractivity contribution in [2.24, 2.45) is 0 Å². The van der Waals surface area contributed by atoms with Crippen LogP contribution in [-0.2, 0) is 26.2 Å². The molecule has 3 unspecified atom stereocenters. The first-order chi connectivity index (χ1) is 15.1. The van der Waals surface area contributed by atoms with E-state index in [4.69, 9.17) is 9.47 Å². The Morgan fingerprint density at radius 1 is 1.13 bits per heavy atom. The molecule has 2 aromatic rings. The fraction of sp³-hybridized carbons (Fsp3) is 0.417. The van der Waals surface area contributed by atoms with Gasteiger partial charge in [0.05, 0.1) is 32.0 Å². The van der Waals surface area contributed by atoms with E-state index in [-0.39, 0.29) is 25.2 Å². The number of rotatable bonds is 9. The number of carbonyl (C=O) groups is 2. The van der Waals surface area contributed by atoms with Crippen molar-refractivity contribution in [1.29, 1.82) is 0 Å². The SMILES string of the molecule is O=C1NC(Cc2ccccc2)(c2ccccc2)C(=O)N1CC(O)COCC1CCCO1. The average Bonchev–Trinajstić information content (AvgIpc) is 3.38. The maximum absolute atomic E-state index is 13.5. The number of aliphatic hydroxyl groups excluding tert-OH is 1. The molecule has 0 radical (unpaired) electrons. The van der Waals surface area contributed by atoms with E-state index < -0.39 is 17.7 Å². The van der Waals surface area contributed by atoms with Gasteiger partial charge < -0.3 is 19.9 Å². The molecule has 3 atom stereocenters. The fourth-order valence-corrected chi connectivity index (χ4v) is 4.21. The molecule has 7 nitrogen and oxygen atoms in total. The van der Waals surface area contributed by atoms with Gasteiger partial charge >= 0.3 is 6.03 Å². The van der Waals surface area contributed by atoms with Gasteiger partial charge in [0.1, 0.15) is 0 Å². The molecule has 2 N–H and O–H groups in total. The summed E-state index contributed by atoms with van der Waals surface area (Å²) in [7, 11) is 0. The number of nitrogens with zero attached hydrogens (tertiary/aromatic N) is 1. The van der Waals surface area contributed by atoms with Gasteiger partial charge in [-0.25, -0.2) is 4.79 Å². The highest BCUT2D eigenvalue weighted by Crippen LogP contribution is 2.33. The molecule has 2 fully saturated rings. The summed E-state index contributed by atoms with van der Waals surface area (Å²) < 4.78 is 11.0. The first-order valence-electron chi connectivity index (χ1n) is 10.7. The van der Waals surface area contributed by atoms with Crippen molar-refractivity contribution in [3.63, 3.8) is 0 Å². The summed E-state index contributed by atoms with van der Waals surface area (Å²) in [5, 5.41) is 13.3. The molecular weight excluding hydrogens is 396 g/mol. The van der Waals surface area contributed by atoms with E-state index >= 15 is 0 Å². The number of imide groups is 1. The van der Waals surface area contributed by atoms with E-state index in [1.54, 1.807) is 0 Å². The van der Waals surface area contributed by atoms with Crippen molar-refractivity contribution in [2.45, 2.75) is 37.0 Å². The lowest BCUT2D eigenvalue weighted by Crippen LogP contribution is -2.46. The predicted octanol–water partition coefficient (Wildman–Crippen LogP) is 2.23. The molecular formula is C24H28N2O5. The van der Waals surface area contributed by atoms with Gasteiger partial charge in [0, 0.05) is 13.0 Å². The molecule has 0 bridgehead atoms. The maximum Gasteiger partial charge on any atom is 0.325 e. The minimum atomic E-state index is -1.21. The van der Waals surface area contributed by atoms with Gasteiger partial charge in [-0.1, -0.05) is 60.7 Å². The zero-order chi connectivity index (χ0) is 21.7. The fourth-order valence-electron chi connectivity index (χ4n) is 4.21. The van der Waals surface area contributed by atoms with E-state index in [0.29, 0.717) is 18.6 Å². The monoisotopic (exact) mass is 424 g/mol. The van der Waals surface area contributed by atoms with Gasteiger partial charge in [-0.3, -0.25) is 9.69 Å². The van der Waals surface area contributed by atoms with Crippen LogP contribution in [0.5, 0.6) is 0 Å². The van der Waals surface area contributed by atoms with Gasteiger partial charge in [0.15, 0.2) is 5.54 Å². The minimum absolute atomic E-state index is 0.0357. The number of amides is 3. The number of urea groups is 1. The molecule has 2 aliphatic heterocycles. The van der Waals surface area contributed by atoms with E-state index in [0.717, 1.165) is 29.9 Å². The highest BCUT2D eigenvalue weighted by atomic mass is 16.5. The van der Waals surface area contributed by atoms with Gasteiger partial charge in [-0.05, 0) is 24.0 Å². The number of hydrogen-bond acceptors (Lipinski definition) is 5. The van der Waals surface area contributed by atoms with Crippen LogP contribution in [0.3, 0.4) is 0 Å². The van der Waals surface area contributed by atoms with E-state index in [2.05, 4.69) is 5.32 Å². The molecule has 0 aliphatic carbocycles. The maximum atomic E-state index is 13.5. The molecule has 31 heavy (non-hydrogen) atoms. The summed E-state index contributed by atoms with van der Waals surface area (Å²) in [6.07, 6.45) is 1.37. The number of carbonyl (C=O) groups excluding carboxylic acids is 2. The molecule has 0 spiro atoms. The van der Waals surface area contributed by atoms with Crippen LogP contribution < -0.4 is 5.32 Å². The molecule has 2 saturated heterocycles. The van der Waals surface area contributed by atoms with Crippen molar-refractivity contribution < 1.29 is 24.2 Å². The first kappa shape index (κ1) is 21.5. The van der Waals surface area contributed by atoms with Crippen LogP contribution in [0.4, 0.5) is 4.79 Å². The smallest absolute Gasteiger partial charge is 0.325 e. The minimum Gasteiger partial charge on any atom is -0.389 e. The van der Waals surface area contributed by atoms with Gasteiger partial charge in [-0.2, -0.15) is 0 Å². The summed E-state index contributed by atoms with van der Waals surface area (Å²) in [5.74, 6) is -0.370. The Morgan fingerprint density at radius 3 is 2.52 bits per heavy atom. The Kier molecular flexibility index (Phi) is 6.65. The summed E-state index contributed by atoms with van der Waals surface area (Å²) in [5.41, 5.74) is 0.434. The van der Waals surface area contributed by atoms with Crippen LogP contribution in [0.15, 0.2) is 60.7 Å². The zero-order valence-electron chi connectivity index (χ0n) is 17.4. The molecule has 4 rings (SSSR count). The molecule has 7 heteroatoms. The Hall–Kier alpha value is -2.74. The molecule has 0 saturated carbocycles. The average molecular weight is 424 g/mol. The van der Waals surface area contributed by atoms with Crippen LogP contribution in [0, 0.1) is 0 Å². The van der Waals surface area contributed by atoms with Crippen molar-refractivity contribution in [3.05, 3.63) is 71.8 Å². The lowest BCUT2D eigenvalue weighted by molar-refractivity contribution is -0.133. The number of nitrogens with one attached hydrogen (secondary N) is 1. The third kappa shape index (κ3) is 4.79. The quantitative estimate of drug-likeness (QED) is 0.603. The molecule has 2 heterocycles. The lowest BCUT2D eigenvalue weighted by Gasteiger charge is -2.28. The van der Waals surface area contributed by atoms with E-state index in [1.807, 2.05) is 60.7 Å². The van der Waals surface area contributed by atoms with Gasteiger partial charge in [0.2, 0.25) is 0 Å². The van der Waals surface area contributed by atoms with Crippen molar-refractivity contribution in [1.82, 2.24) is 10.2 Å². The molecule has 2 aliphatic rings. The Morgan fingerprint density at radius 2 is 1.84 bits per heavy atom. The van der Waals surface area contributed by atoms with Crippen molar-refractivity contribution in [3.8, 4) is 0 Å². The van der Waals surface area contributed by atoms with Crippen molar-refractivity contribution >= 4 is 11.9 Å². The number of aliphatic hydroxyl groups is 1. The van der Waals surface area contributed by atoms with Gasteiger partial charge in [0.25, 0.3) is 5.91 Å². The number of β-amino-alcohol motifs (C(OH)–C–C–N with tert-alkyl or cyclic N) is 1. The Bertz CT molecular complexity index is 885. The van der Waals surface area contributed by atoms with E-state index in [1.165, 1.54) is 0 Å². The number of hydrogen-bond donors (Lipinski definition) is 2. The second-order valence-electron chi connectivity index (χ2n) is 8.11. The van der Waals surface area contributed by atoms with Crippen LogP contribution in [0.2, 0.25) is 0 Å². The summed E-state index contributed by atoms with van der Waals surface area (Å²) in [4.78, 5) is 27.4. The Balaban J connectivity index is 1.47. The summed E-state index contributed by atoms with van der Waals surface area (Å²) >= 11 is 0. The highest BCUT2D eigenvalue weighted by molar-refractivity contribution is 6.07. The van der Waals surface area contributed by atoms with E-state index in [9.17, 15) is 14.7 Å². The standard InChI is InChI=1S/C24H28N2O5/c27-20(16-30-17-21-12-7-13-31-21)15-26-22(28)24(25-23(26)29,19-10-5-2-6-11-19)14-18-8-3-1-4-9-18/h1-6,8-11,20-21,27H,7,12-17H2,(H,25,29). The van der Waals surface area contributed by atoms with Crippen LogP contribution in [0.25, 0.3) is 0 Å². The number of ether oxygens (including phenoxy) is 2. The molecule has 164 valence electrons. The third-order valence-electron chi connectivity index (χ3n) is 5.79. The molecule has 2 aromatic carbocycles. The van der Waals surface area contributed by atoms with Gasteiger partial charge in [-0.15, -0.1) is 0 Å². The lowest BCUT2D eigenvalue weighted by atomic mass is 9.83. The number of benzene rings is 2. The normalized spacial score (nSPS) is 24.4. The first-order valence-corrected chi connectivity index (χ1v) is 10.7. The Labute approximate surface area is 182 Å². The zero-order valence-corrected chi connectivity index (χ0v) is 17.4. The third-order valence-corrected chi connectivity index (χ3v) is 5.79. The van der Waals surface area contributed by atoms with Crippen LogP contribution in [0.1, 0.15) is 24.0 Å². The van der Waals surface area contributed by atoms with Crippen LogP contribution in [-0.4, -0.2) is 60.5 Å². The second kappa shape index (κ2) is 9.60. The largest absolute Gasteiger partial charge is 0.389 e. The summed E-state index contributed by atoms with van der Waals surface area (Å²) in [6, 6.07) is 18.3. The van der Waals surface area contributed by atoms with Crippen molar-refractivity contribution in [2.75, 3.05) is 26.4 Å². The molecule has 3 amide bonds. The van der Waals surface area contributed by atoms with Crippen LogP contribution >= 0.6 is 0 Å².